The van der Waals surface area contributed by atoms with Gasteiger partial charge in [-0.25, -0.2) is 5.01 Å². The molecule has 8 nitrogen and oxygen atoms in total. The van der Waals surface area contributed by atoms with Gasteiger partial charge in [0.1, 0.15) is 6.04 Å². The molecule has 1 saturated heterocycles. The third kappa shape index (κ3) is 6.95. The number of hydrogen-bond donors (Lipinski definition) is 4. The summed E-state index contributed by atoms with van der Waals surface area (Å²) in [5.41, 5.74) is 13.0. The molecule has 3 atom stereocenters. The van der Waals surface area contributed by atoms with E-state index in [1.54, 1.807) is 11.2 Å². The van der Waals surface area contributed by atoms with Crippen molar-refractivity contribution in [2.45, 2.75) is 44.0 Å². The fourth-order valence-electron chi connectivity index (χ4n) is 4.11. The maximum Gasteiger partial charge on any atom is 0.256 e. The lowest BCUT2D eigenvalue weighted by Gasteiger charge is -2.29. The quantitative estimate of drug-likeness (QED) is 0.333. The zero-order valence-electron chi connectivity index (χ0n) is 19.5. The van der Waals surface area contributed by atoms with Crippen molar-refractivity contribution in [2.24, 2.45) is 5.73 Å². The van der Waals surface area contributed by atoms with Gasteiger partial charge in [-0.15, -0.1) is 0 Å². The Bertz CT molecular complexity index is 1110. The minimum atomic E-state index is -0.874. The molecule has 1 fully saturated rings. The van der Waals surface area contributed by atoms with Gasteiger partial charge in [0.05, 0.1) is 11.8 Å². The number of aliphatic hydroxyl groups excluding tert-OH is 1. The number of aliphatic hydroxyl groups is 1. The molecule has 0 aliphatic carbocycles. The van der Waals surface area contributed by atoms with Gasteiger partial charge in [-0.3, -0.25) is 20.0 Å². The highest BCUT2D eigenvalue weighted by molar-refractivity contribution is 5.90. The van der Waals surface area contributed by atoms with Crippen LogP contribution in [0.1, 0.15) is 24.0 Å². The molecule has 35 heavy (non-hydrogen) atoms. The lowest BCUT2D eigenvalue weighted by atomic mass is 10.0. The van der Waals surface area contributed by atoms with Crippen LogP contribution in [-0.2, 0) is 22.6 Å². The number of nitrogens with zero attached hydrogens (tertiary/aromatic N) is 2. The Labute approximate surface area is 205 Å². The van der Waals surface area contributed by atoms with Crippen LogP contribution in [0.5, 0.6) is 0 Å². The van der Waals surface area contributed by atoms with E-state index in [9.17, 15) is 14.7 Å². The molecule has 3 aromatic rings. The predicted molar refractivity (Wildman–Crippen MR) is 134 cm³/mol. The number of aromatic nitrogens is 1. The largest absolute Gasteiger partial charge is 0.390 e. The molecule has 8 heteroatoms. The van der Waals surface area contributed by atoms with Gasteiger partial charge in [-0.1, -0.05) is 60.7 Å². The summed E-state index contributed by atoms with van der Waals surface area (Å²) in [5, 5.41) is 15.2. The number of rotatable bonds is 10. The summed E-state index contributed by atoms with van der Waals surface area (Å²) in [6.45, 7) is 0.506. The number of hydrazine groups is 1. The van der Waals surface area contributed by atoms with Crippen molar-refractivity contribution < 1.29 is 14.7 Å². The first-order valence-electron chi connectivity index (χ1n) is 11.8. The third-order valence-corrected chi connectivity index (χ3v) is 6.08. The standard InChI is InChI=1S/C27H31N5O3/c28-22(16-19-6-2-1-3-7-19)25(33)18-32(31-27(35)24-13-14-26(34)30-24)17-20-9-11-21(12-10-20)23-8-4-5-15-29-23/h1-12,15,22,24-25,33H,13-14,16-18,28H2,(H,30,34)(H,31,35)/t22-,24-,25-/m0/s1. The Morgan fingerprint density at radius 2 is 1.83 bits per heavy atom. The van der Waals surface area contributed by atoms with Crippen LogP contribution < -0.4 is 16.5 Å². The topological polar surface area (TPSA) is 121 Å². The molecule has 1 aliphatic rings. The molecule has 0 bridgehead atoms. The Morgan fingerprint density at radius 1 is 1.09 bits per heavy atom. The highest BCUT2D eigenvalue weighted by Crippen LogP contribution is 2.18. The second-order valence-corrected chi connectivity index (χ2v) is 8.85. The molecular weight excluding hydrogens is 442 g/mol. The maximum atomic E-state index is 12.8. The molecule has 0 spiro atoms. The summed E-state index contributed by atoms with van der Waals surface area (Å²) in [6.07, 6.45) is 2.18. The van der Waals surface area contributed by atoms with E-state index in [0.717, 1.165) is 22.4 Å². The summed E-state index contributed by atoms with van der Waals surface area (Å²) in [6, 6.07) is 22.3. The number of nitrogens with two attached hydrogens (primary N) is 1. The molecule has 2 aromatic carbocycles. The minimum Gasteiger partial charge on any atom is -0.390 e. The molecule has 5 N–H and O–H groups in total. The van der Waals surface area contributed by atoms with Crippen LogP contribution >= 0.6 is 0 Å². The van der Waals surface area contributed by atoms with Crippen molar-refractivity contribution in [1.29, 1.82) is 0 Å². The zero-order chi connectivity index (χ0) is 24.6. The predicted octanol–water partition coefficient (Wildman–Crippen LogP) is 1.79. The Morgan fingerprint density at radius 3 is 2.49 bits per heavy atom. The SMILES string of the molecule is N[C@@H](Cc1ccccc1)[C@@H](O)CN(Cc1ccc(-c2ccccn2)cc1)NC(=O)[C@@H]1CCC(=O)N1. The molecule has 1 aromatic heterocycles. The van der Waals surface area contributed by atoms with Gasteiger partial charge in [0, 0.05) is 37.3 Å². The van der Waals surface area contributed by atoms with Crippen molar-refractivity contribution in [2.75, 3.05) is 6.54 Å². The van der Waals surface area contributed by atoms with E-state index in [-0.39, 0.29) is 18.4 Å². The number of nitrogens with one attached hydrogen (secondary N) is 2. The first kappa shape index (κ1) is 24.5. The van der Waals surface area contributed by atoms with Crippen molar-refractivity contribution in [3.63, 3.8) is 0 Å². The fraction of sp³-hybridized carbons (Fsp3) is 0.296. The molecule has 182 valence electrons. The Balaban J connectivity index is 1.44. The molecule has 0 radical (unpaired) electrons. The molecule has 1 aliphatic heterocycles. The van der Waals surface area contributed by atoms with Gasteiger partial charge >= 0.3 is 0 Å². The van der Waals surface area contributed by atoms with Crippen molar-refractivity contribution >= 4 is 11.8 Å². The van der Waals surface area contributed by atoms with Crippen LogP contribution in [-0.4, -0.2) is 51.6 Å². The number of pyridine rings is 1. The van der Waals surface area contributed by atoms with Crippen LogP contribution in [0.15, 0.2) is 79.0 Å². The first-order valence-corrected chi connectivity index (χ1v) is 11.8. The number of amides is 2. The monoisotopic (exact) mass is 473 g/mol. The summed E-state index contributed by atoms with van der Waals surface area (Å²) in [5.74, 6) is -0.434. The average molecular weight is 474 g/mol. The number of benzene rings is 2. The number of carbonyl (C=O) groups excluding carboxylic acids is 2. The van der Waals surface area contributed by atoms with E-state index in [4.69, 9.17) is 5.73 Å². The molecule has 0 saturated carbocycles. The van der Waals surface area contributed by atoms with Gasteiger partial charge in [-0.2, -0.15) is 0 Å². The number of hydrogen-bond acceptors (Lipinski definition) is 6. The van der Waals surface area contributed by atoms with Crippen molar-refractivity contribution in [3.8, 4) is 11.3 Å². The normalized spacial score (nSPS) is 17.1. The summed E-state index contributed by atoms with van der Waals surface area (Å²) in [4.78, 5) is 28.7. The Kier molecular flexibility index (Phi) is 8.20. The molecule has 4 rings (SSSR count). The highest BCUT2D eigenvalue weighted by Gasteiger charge is 2.29. The van der Waals surface area contributed by atoms with Gasteiger partial charge in [-0.05, 0) is 36.1 Å². The van der Waals surface area contributed by atoms with E-state index < -0.39 is 18.2 Å². The van der Waals surface area contributed by atoms with E-state index in [1.165, 1.54) is 0 Å². The summed E-state index contributed by atoms with van der Waals surface area (Å²) < 4.78 is 0. The molecule has 2 amide bonds. The van der Waals surface area contributed by atoms with Crippen LogP contribution in [0.2, 0.25) is 0 Å². The van der Waals surface area contributed by atoms with Gasteiger partial charge in [0.15, 0.2) is 0 Å². The number of carbonyl (C=O) groups is 2. The highest BCUT2D eigenvalue weighted by atomic mass is 16.3. The van der Waals surface area contributed by atoms with Crippen molar-refractivity contribution in [1.82, 2.24) is 20.7 Å². The van der Waals surface area contributed by atoms with Gasteiger partial charge in [0.2, 0.25) is 5.91 Å². The Hall–Kier alpha value is -3.59. The van der Waals surface area contributed by atoms with E-state index in [0.29, 0.717) is 25.8 Å². The fourth-order valence-corrected chi connectivity index (χ4v) is 4.11. The van der Waals surface area contributed by atoms with Crippen LogP contribution in [0.4, 0.5) is 0 Å². The maximum absolute atomic E-state index is 12.8. The molecular formula is C27H31N5O3. The van der Waals surface area contributed by atoms with Crippen LogP contribution in [0, 0.1) is 0 Å². The van der Waals surface area contributed by atoms with Crippen molar-refractivity contribution in [3.05, 3.63) is 90.1 Å². The lowest BCUT2D eigenvalue weighted by molar-refractivity contribution is -0.130. The molecule has 0 unspecified atom stereocenters. The molecule has 2 heterocycles. The van der Waals surface area contributed by atoms with E-state index in [2.05, 4.69) is 15.7 Å². The third-order valence-electron chi connectivity index (χ3n) is 6.08. The first-order chi connectivity index (χ1) is 17.0. The van der Waals surface area contributed by atoms with E-state index in [1.807, 2.05) is 72.8 Å². The second-order valence-electron chi connectivity index (χ2n) is 8.85. The summed E-state index contributed by atoms with van der Waals surface area (Å²) in [7, 11) is 0. The van der Waals surface area contributed by atoms with Crippen LogP contribution in [0.25, 0.3) is 11.3 Å². The average Bonchev–Trinajstić information content (AvgIpc) is 3.32. The zero-order valence-corrected chi connectivity index (χ0v) is 19.5. The van der Waals surface area contributed by atoms with Gasteiger partial charge < -0.3 is 16.2 Å². The minimum absolute atomic E-state index is 0.133. The smallest absolute Gasteiger partial charge is 0.256 e. The van der Waals surface area contributed by atoms with E-state index >= 15 is 0 Å². The van der Waals surface area contributed by atoms with Gasteiger partial charge in [0.25, 0.3) is 5.91 Å². The summed E-state index contributed by atoms with van der Waals surface area (Å²) >= 11 is 0. The second kappa shape index (κ2) is 11.7. The lowest BCUT2D eigenvalue weighted by Crippen LogP contribution is -2.54. The van der Waals surface area contributed by atoms with Crippen LogP contribution in [0.3, 0.4) is 0 Å².